The van der Waals surface area contributed by atoms with Gasteiger partial charge in [-0.05, 0) is 66.6 Å². The monoisotopic (exact) mass is 464 g/mol. The number of halogens is 1. The molecule has 0 aromatic carbocycles. The minimum absolute atomic E-state index is 0.0495. The molecule has 1 aromatic heterocycles. The molecule has 1 saturated heterocycles. The van der Waals surface area contributed by atoms with Gasteiger partial charge in [0, 0.05) is 18.6 Å². The molecular weight excluding hydrogens is 436 g/mol. The van der Waals surface area contributed by atoms with E-state index in [9.17, 15) is 13.2 Å². The van der Waals surface area contributed by atoms with Crippen molar-refractivity contribution in [1.29, 1.82) is 0 Å². The lowest BCUT2D eigenvalue weighted by atomic mass is 9.81. The predicted molar refractivity (Wildman–Crippen MR) is 110 cm³/mol. The second-order valence-corrected chi connectivity index (χ2v) is 13.5. The summed E-state index contributed by atoms with van der Waals surface area (Å²) < 4.78 is 28.2. The number of carbonyl (C=O) groups excluding carboxylic acids is 1. The first-order valence-corrected chi connectivity index (χ1v) is 11.9. The third-order valence-electron chi connectivity index (χ3n) is 4.33. The molecular formula is C18H29BrN2O3S2. The van der Waals surface area contributed by atoms with Crippen LogP contribution in [0.25, 0.3) is 0 Å². The largest absolute Gasteiger partial charge is 0.351 e. The van der Waals surface area contributed by atoms with Crippen molar-refractivity contribution >= 4 is 43.2 Å². The molecule has 1 amide bonds. The Kier molecular flexibility index (Phi) is 6.63. The number of nitrogens with one attached hydrogen (secondary N) is 1. The van der Waals surface area contributed by atoms with E-state index >= 15 is 0 Å². The Hall–Kier alpha value is -0.440. The fourth-order valence-electron chi connectivity index (χ4n) is 3.74. The first kappa shape index (κ1) is 21.9. The number of nitrogens with zero attached hydrogens (tertiary/aromatic N) is 1. The summed E-state index contributed by atoms with van der Waals surface area (Å²) in [5.74, 6) is -0.354. The van der Waals surface area contributed by atoms with Crippen molar-refractivity contribution in [2.24, 2.45) is 11.3 Å². The van der Waals surface area contributed by atoms with E-state index in [1.54, 1.807) is 12.1 Å². The van der Waals surface area contributed by atoms with Crippen LogP contribution in [0.5, 0.6) is 0 Å². The maximum absolute atomic E-state index is 12.8. The minimum Gasteiger partial charge on any atom is -0.351 e. The molecule has 8 heteroatoms. The molecule has 1 fully saturated rings. The smallest absolute Gasteiger partial charge is 0.252 e. The average molecular weight is 465 g/mol. The summed E-state index contributed by atoms with van der Waals surface area (Å²) in [6, 6.07) is 3.35. The van der Waals surface area contributed by atoms with Crippen molar-refractivity contribution in [2.75, 3.05) is 13.1 Å². The van der Waals surface area contributed by atoms with Crippen molar-refractivity contribution in [3.8, 4) is 0 Å². The standard InChI is InChI=1S/C18H29BrN2O3S2/c1-17(2,3)12-18(4,5)20-16(22)13-7-6-10-21(11-13)26(23,24)15-9-8-14(19)25-15/h8-9,13H,6-7,10-12H2,1-5H3,(H,20,22). The summed E-state index contributed by atoms with van der Waals surface area (Å²) in [5.41, 5.74) is -0.222. The van der Waals surface area contributed by atoms with Crippen molar-refractivity contribution in [3.63, 3.8) is 0 Å². The molecule has 0 bridgehead atoms. The zero-order valence-corrected chi connectivity index (χ0v) is 19.4. The Balaban J connectivity index is 2.07. The van der Waals surface area contributed by atoms with Crippen LogP contribution in [0, 0.1) is 11.3 Å². The summed E-state index contributed by atoms with van der Waals surface area (Å²) in [6.07, 6.45) is 2.27. The maximum Gasteiger partial charge on any atom is 0.252 e. The summed E-state index contributed by atoms with van der Waals surface area (Å²) in [6.45, 7) is 11.2. The highest BCUT2D eigenvalue weighted by Gasteiger charge is 2.36. The van der Waals surface area contributed by atoms with Crippen LogP contribution in [0.2, 0.25) is 0 Å². The lowest BCUT2D eigenvalue weighted by molar-refractivity contribution is -0.128. The zero-order valence-electron chi connectivity index (χ0n) is 16.1. The molecule has 1 atom stereocenters. The Morgan fingerprint density at radius 1 is 1.31 bits per heavy atom. The molecule has 0 spiro atoms. The van der Waals surface area contributed by atoms with Crippen LogP contribution in [0.15, 0.2) is 20.1 Å². The number of hydrogen-bond acceptors (Lipinski definition) is 4. The Morgan fingerprint density at radius 2 is 1.96 bits per heavy atom. The van der Waals surface area contributed by atoms with E-state index in [4.69, 9.17) is 0 Å². The average Bonchev–Trinajstić information content (AvgIpc) is 2.91. The van der Waals surface area contributed by atoms with E-state index in [1.165, 1.54) is 15.6 Å². The molecule has 0 radical (unpaired) electrons. The molecule has 148 valence electrons. The lowest BCUT2D eigenvalue weighted by Crippen LogP contribution is -2.51. The van der Waals surface area contributed by atoms with E-state index in [1.807, 2.05) is 13.8 Å². The number of thiophene rings is 1. The van der Waals surface area contributed by atoms with Crippen molar-refractivity contribution < 1.29 is 13.2 Å². The Morgan fingerprint density at radius 3 is 2.50 bits per heavy atom. The van der Waals surface area contributed by atoms with Gasteiger partial charge in [-0.15, -0.1) is 11.3 Å². The normalized spacial score (nSPS) is 20.2. The maximum atomic E-state index is 12.8. The van der Waals surface area contributed by atoms with E-state index in [0.717, 1.165) is 16.6 Å². The molecule has 0 aliphatic carbocycles. The van der Waals surface area contributed by atoms with Gasteiger partial charge in [-0.2, -0.15) is 4.31 Å². The predicted octanol–water partition coefficient (Wildman–Crippen LogP) is 4.24. The third kappa shape index (κ3) is 5.78. The molecule has 1 N–H and O–H groups in total. The van der Waals surface area contributed by atoms with E-state index < -0.39 is 10.0 Å². The molecule has 1 aromatic rings. The number of amides is 1. The van der Waals surface area contributed by atoms with Crippen molar-refractivity contribution in [1.82, 2.24) is 9.62 Å². The molecule has 26 heavy (non-hydrogen) atoms. The molecule has 1 aliphatic heterocycles. The van der Waals surface area contributed by atoms with Gasteiger partial charge in [0.25, 0.3) is 10.0 Å². The second kappa shape index (κ2) is 7.89. The fourth-order valence-corrected chi connectivity index (χ4v) is 7.43. The van der Waals surface area contributed by atoms with Crippen LogP contribution in [-0.2, 0) is 14.8 Å². The van der Waals surface area contributed by atoms with Crippen molar-refractivity contribution in [3.05, 3.63) is 15.9 Å². The summed E-state index contributed by atoms with van der Waals surface area (Å²) in [4.78, 5) is 12.8. The van der Waals surface area contributed by atoms with Crippen LogP contribution >= 0.6 is 27.3 Å². The summed E-state index contributed by atoms with van der Waals surface area (Å²) >= 11 is 4.51. The third-order valence-corrected chi connectivity index (χ3v) is 8.29. The van der Waals surface area contributed by atoms with E-state index in [-0.39, 0.29) is 29.3 Å². The number of sulfonamides is 1. The first-order valence-electron chi connectivity index (χ1n) is 8.88. The van der Waals surface area contributed by atoms with Gasteiger partial charge in [0.1, 0.15) is 4.21 Å². The van der Waals surface area contributed by atoms with Gasteiger partial charge in [0.05, 0.1) is 9.70 Å². The Labute approximate surface area is 169 Å². The number of piperidine rings is 1. The van der Waals surface area contributed by atoms with Crippen LogP contribution in [-0.4, -0.2) is 37.3 Å². The van der Waals surface area contributed by atoms with Gasteiger partial charge in [-0.25, -0.2) is 8.42 Å². The van der Waals surface area contributed by atoms with Crippen LogP contribution in [0.3, 0.4) is 0 Å². The zero-order chi connectivity index (χ0) is 19.8. The summed E-state index contributed by atoms with van der Waals surface area (Å²) in [5, 5.41) is 3.13. The molecule has 2 heterocycles. The highest BCUT2D eigenvalue weighted by molar-refractivity contribution is 9.11. The van der Waals surface area contributed by atoms with Crippen LogP contribution < -0.4 is 5.32 Å². The molecule has 5 nitrogen and oxygen atoms in total. The van der Waals surface area contributed by atoms with Gasteiger partial charge < -0.3 is 5.32 Å². The lowest BCUT2D eigenvalue weighted by Gasteiger charge is -2.36. The van der Waals surface area contributed by atoms with Gasteiger partial charge in [-0.1, -0.05) is 20.8 Å². The SMILES string of the molecule is CC(C)(C)CC(C)(C)NC(=O)C1CCCN(S(=O)(=O)c2ccc(Br)s2)C1. The van der Waals surface area contributed by atoms with Gasteiger partial charge in [-0.3, -0.25) is 4.79 Å². The molecule has 1 aliphatic rings. The van der Waals surface area contributed by atoms with Gasteiger partial charge in [0.2, 0.25) is 5.91 Å². The Bertz CT molecular complexity index is 751. The number of hydrogen-bond donors (Lipinski definition) is 1. The molecule has 1 unspecified atom stereocenters. The molecule has 0 saturated carbocycles. The van der Waals surface area contributed by atoms with Crippen LogP contribution in [0.1, 0.15) is 53.9 Å². The van der Waals surface area contributed by atoms with Crippen LogP contribution in [0.4, 0.5) is 0 Å². The molecule has 2 rings (SSSR count). The van der Waals surface area contributed by atoms with Gasteiger partial charge >= 0.3 is 0 Å². The first-order chi connectivity index (χ1) is 11.8. The highest BCUT2D eigenvalue weighted by Crippen LogP contribution is 2.31. The van der Waals surface area contributed by atoms with Gasteiger partial charge in [0.15, 0.2) is 0 Å². The van der Waals surface area contributed by atoms with E-state index in [0.29, 0.717) is 17.2 Å². The summed E-state index contributed by atoms with van der Waals surface area (Å²) in [7, 11) is -3.54. The quantitative estimate of drug-likeness (QED) is 0.708. The minimum atomic E-state index is -3.54. The second-order valence-electron chi connectivity index (χ2n) is 8.87. The van der Waals surface area contributed by atoms with E-state index in [2.05, 4.69) is 42.0 Å². The highest BCUT2D eigenvalue weighted by atomic mass is 79.9. The topological polar surface area (TPSA) is 66.5 Å². The fraction of sp³-hybridized carbons (Fsp3) is 0.722. The number of rotatable bonds is 5. The van der Waals surface area contributed by atoms with Crippen molar-refractivity contribution in [2.45, 2.75) is 63.6 Å². The number of carbonyl (C=O) groups is 1.